The Hall–Kier alpha value is -1.24. The van der Waals surface area contributed by atoms with Gasteiger partial charge >= 0.3 is 6.09 Å². The number of benzene rings is 1. The Balaban J connectivity index is 1.86. The molecular weight excluding hydrogens is 405 g/mol. The Bertz CT molecular complexity index is 566. The Kier molecular flexibility index (Phi) is 6.33. The molecule has 0 bridgehead atoms. The first kappa shape index (κ1) is 18.1. The predicted octanol–water partition coefficient (Wildman–Crippen LogP) is 4.63. The maximum atomic E-state index is 12.2. The van der Waals surface area contributed by atoms with Gasteiger partial charge in [0.05, 0.1) is 9.61 Å². The van der Waals surface area contributed by atoms with Crippen LogP contribution in [0.3, 0.4) is 0 Å². The number of para-hydroxylation sites is 1. The quantitative estimate of drug-likeness (QED) is 0.518. The van der Waals surface area contributed by atoms with E-state index < -0.39 is 5.60 Å². The zero-order chi connectivity index (χ0) is 16.9. The highest BCUT2D eigenvalue weighted by Gasteiger charge is 2.30. The van der Waals surface area contributed by atoms with Crippen LogP contribution in [-0.4, -0.2) is 35.8 Å². The number of hydrogen-bond acceptors (Lipinski definition) is 3. The summed E-state index contributed by atoms with van der Waals surface area (Å²) in [5.74, 6) is 0.883. The summed E-state index contributed by atoms with van der Waals surface area (Å²) in [6.45, 7) is 6.92. The molecule has 0 unspecified atom stereocenters. The number of likely N-dealkylation sites (tertiary alicyclic amines) is 1. The molecule has 126 valence electrons. The number of halogens is 1. The summed E-state index contributed by atoms with van der Waals surface area (Å²) in [4.78, 5) is 14.0. The summed E-state index contributed by atoms with van der Waals surface area (Å²) < 4.78 is 12.3. The molecule has 1 aliphatic heterocycles. The highest BCUT2D eigenvalue weighted by molar-refractivity contribution is 14.1. The van der Waals surface area contributed by atoms with Crippen molar-refractivity contribution in [2.24, 2.45) is 0 Å². The van der Waals surface area contributed by atoms with E-state index in [1.807, 2.05) is 57.2 Å². The van der Waals surface area contributed by atoms with Gasteiger partial charge in [0.1, 0.15) is 18.0 Å². The van der Waals surface area contributed by atoms with E-state index in [2.05, 4.69) is 22.6 Å². The zero-order valence-electron chi connectivity index (χ0n) is 13.9. The van der Waals surface area contributed by atoms with Crippen molar-refractivity contribution in [3.63, 3.8) is 0 Å². The molecule has 1 atom stereocenters. The summed E-state index contributed by atoms with van der Waals surface area (Å²) in [5.41, 5.74) is -0.457. The van der Waals surface area contributed by atoms with Gasteiger partial charge < -0.3 is 14.4 Å². The van der Waals surface area contributed by atoms with E-state index in [0.717, 1.165) is 28.7 Å². The van der Waals surface area contributed by atoms with Gasteiger partial charge in [-0.15, -0.1) is 0 Å². The molecule has 0 spiro atoms. The lowest BCUT2D eigenvalue weighted by Gasteiger charge is -2.27. The highest BCUT2D eigenvalue weighted by atomic mass is 127. The second kappa shape index (κ2) is 8.04. The van der Waals surface area contributed by atoms with Crippen LogP contribution in [0.2, 0.25) is 0 Å². The van der Waals surface area contributed by atoms with Crippen LogP contribution in [0.5, 0.6) is 5.75 Å². The molecule has 1 aliphatic rings. The summed E-state index contributed by atoms with van der Waals surface area (Å²) >= 11 is 2.26. The van der Waals surface area contributed by atoms with Crippen LogP contribution in [0.15, 0.2) is 36.4 Å². The molecular formula is C18H24INO3. The third-order valence-electron chi connectivity index (χ3n) is 3.46. The normalized spacial score (nSPS) is 18.4. The minimum Gasteiger partial charge on any atom is -0.488 e. The fourth-order valence-corrected chi connectivity index (χ4v) is 3.00. The number of rotatable bonds is 4. The van der Waals surface area contributed by atoms with Crippen LogP contribution in [0.25, 0.3) is 0 Å². The molecule has 1 aromatic rings. The van der Waals surface area contributed by atoms with Crippen molar-refractivity contribution < 1.29 is 14.3 Å². The Morgan fingerprint density at radius 3 is 2.83 bits per heavy atom. The monoisotopic (exact) mass is 429 g/mol. The molecule has 2 rings (SSSR count). The van der Waals surface area contributed by atoms with Crippen molar-refractivity contribution in [1.82, 2.24) is 4.90 Å². The Morgan fingerprint density at radius 1 is 1.39 bits per heavy atom. The number of nitrogens with zero attached hydrogens (tertiary/aromatic N) is 1. The van der Waals surface area contributed by atoms with Crippen LogP contribution in [-0.2, 0) is 4.74 Å². The van der Waals surface area contributed by atoms with Crippen molar-refractivity contribution in [1.29, 1.82) is 0 Å². The van der Waals surface area contributed by atoms with Crippen molar-refractivity contribution >= 4 is 28.7 Å². The van der Waals surface area contributed by atoms with Crippen LogP contribution in [0.1, 0.15) is 33.6 Å². The summed E-state index contributed by atoms with van der Waals surface area (Å²) in [5, 5.41) is 0. The second-order valence-electron chi connectivity index (χ2n) is 6.55. The second-order valence-corrected chi connectivity index (χ2v) is 7.72. The predicted molar refractivity (Wildman–Crippen MR) is 99.8 cm³/mol. The molecule has 1 heterocycles. The molecule has 0 aromatic heterocycles. The fourth-order valence-electron chi connectivity index (χ4n) is 2.45. The van der Waals surface area contributed by atoms with Gasteiger partial charge in [0.2, 0.25) is 0 Å². The molecule has 0 N–H and O–H groups in total. The molecule has 23 heavy (non-hydrogen) atoms. The topological polar surface area (TPSA) is 38.8 Å². The van der Waals surface area contributed by atoms with Crippen LogP contribution >= 0.6 is 22.6 Å². The number of carbonyl (C=O) groups is 1. The molecule has 0 saturated carbocycles. The van der Waals surface area contributed by atoms with Crippen LogP contribution in [0, 0.1) is 3.57 Å². The van der Waals surface area contributed by atoms with Gasteiger partial charge in [0, 0.05) is 6.54 Å². The van der Waals surface area contributed by atoms with Gasteiger partial charge in [-0.3, -0.25) is 0 Å². The van der Waals surface area contributed by atoms with Gasteiger partial charge in [-0.05, 0) is 74.4 Å². The molecule has 4 nitrogen and oxygen atoms in total. The first-order chi connectivity index (χ1) is 10.9. The molecule has 1 saturated heterocycles. The summed E-state index contributed by atoms with van der Waals surface area (Å²) in [6, 6.07) is 8.02. The minimum absolute atomic E-state index is 0.100. The number of hydrogen-bond donors (Lipinski definition) is 0. The zero-order valence-corrected chi connectivity index (χ0v) is 16.1. The number of carbonyl (C=O) groups excluding carboxylic acids is 1. The van der Waals surface area contributed by atoms with E-state index in [-0.39, 0.29) is 12.1 Å². The van der Waals surface area contributed by atoms with Gasteiger partial charge in [-0.1, -0.05) is 18.2 Å². The lowest BCUT2D eigenvalue weighted by molar-refractivity contribution is 0.0255. The lowest BCUT2D eigenvalue weighted by atomic mass is 10.2. The Morgan fingerprint density at radius 2 is 2.13 bits per heavy atom. The maximum Gasteiger partial charge on any atom is 0.410 e. The average Bonchev–Trinajstić information content (AvgIpc) is 2.92. The van der Waals surface area contributed by atoms with Crippen molar-refractivity contribution in [3.05, 3.63) is 40.0 Å². The minimum atomic E-state index is -0.457. The summed E-state index contributed by atoms with van der Waals surface area (Å²) in [6.07, 6.45) is 5.77. The van der Waals surface area contributed by atoms with E-state index in [9.17, 15) is 4.79 Å². The smallest absolute Gasteiger partial charge is 0.410 e. The third kappa shape index (κ3) is 5.71. The third-order valence-corrected chi connectivity index (χ3v) is 4.35. The largest absolute Gasteiger partial charge is 0.488 e. The van der Waals surface area contributed by atoms with Crippen LogP contribution in [0.4, 0.5) is 4.79 Å². The van der Waals surface area contributed by atoms with Gasteiger partial charge in [0.25, 0.3) is 0 Å². The van der Waals surface area contributed by atoms with Crippen LogP contribution < -0.4 is 4.74 Å². The van der Waals surface area contributed by atoms with E-state index in [4.69, 9.17) is 9.47 Å². The SMILES string of the molecule is CC(C)(C)OC(=O)N1CCC[C@H]1C=CCOc1ccccc1I. The highest BCUT2D eigenvalue weighted by Crippen LogP contribution is 2.22. The Labute approximate surface area is 152 Å². The van der Waals surface area contributed by atoms with Gasteiger partial charge in [0.15, 0.2) is 0 Å². The van der Waals surface area contributed by atoms with Crippen molar-refractivity contribution in [3.8, 4) is 5.75 Å². The number of ether oxygens (including phenoxy) is 2. The maximum absolute atomic E-state index is 12.2. The van der Waals surface area contributed by atoms with Crippen molar-refractivity contribution in [2.45, 2.75) is 45.3 Å². The average molecular weight is 429 g/mol. The lowest BCUT2D eigenvalue weighted by Crippen LogP contribution is -2.39. The van der Waals surface area contributed by atoms with Gasteiger partial charge in [-0.2, -0.15) is 0 Å². The van der Waals surface area contributed by atoms with Crippen molar-refractivity contribution in [2.75, 3.05) is 13.2 Å². The standard InChI is InChI=1S/C18H24INO3/c1-18(2,3)23-17(21)20-12-6-8-14(20)9-7-13-22-16-11-5-4-10-15(16)19/h4-5,7,9-11,14H,6,8,12-13H2,1-3H3/t14-/m0/s1. The first-order valence-electron chi connectivity index (χ1n) is 7.90. The molecule has 1 aromatic carbocycles. The molecule has 0 radical (unpaired) electrons. The van der Waals surface area contributed by atoms with E-state index in [0.29, 0.717) is 6.61 Å². The molecule has 1 amide bonds. The van der Waals surface area contributed by atoms with E-state index >= 15 is 0 Å². The van der Waals surface area contributed by atoms with E-state index in [1.165, 1.54) is 0 Å². The fraction of sp³-hybridized carbons (Fsp3) is 0.500. The molecule has 1 fully saturated rings. The number of amides is 1. The summed E-state index contributed by atoms with van der Waals surface area (Å²) in [7, 11) is 0. The van der Waals surface area contributed by atoms with Gasteiger partial charge in [-0.25, -0.2) is 4.79 Å². The first-order valence-corrected chi connectivity index (χ1v) is 8.98. The molecule has 0 aliphatic carbocycles. The van der Waals surface area contributed by atoms with E-state index in [1.54, 1.807) is 4.90 Å². The molecule has 5 heteroatoms.